The lowest BCUT2D eigenvalue weighted by atomic mass is 10.1. The van der Waals surface area contributed by atoms with E-state index < -0.39 is 5.97 Å². The molecule has 4 nitrogen and oxygen atoms in total. The van der Waals surface area contributed by atoms with Gasteiger partial charge in [-0.2, -0.15) is 0 Å². The first kappa shape index (κ1) is 32.3. The molecule has 0 aromatic heterocycles. The Morgan fingerprint density at radius 3 is 1.45 bits per heavy atom. The first-order valence-corrected chi connectivity index (χ1v) is 13.2. The third kappa shape index (κ3) is 31.4. The van der Waals surface area contributed by atoms with E-state index in [1.165, 1.54) is 96.3 Å². The van der Waals surface area contributed by atoms with Crippen LogP contribution in [-0.2, 0) is 4.79 Å². The van der Waals surface area contributed by atoms with E-state index in [0.29, 0.717) is 6.42 Å². The zero-order valence-electron chi connectivity index (χ0n) is 21.5. The van der Waals surface area contributed by atoms with Crippen molar-refractivity contribution in [1.82, 2.24) is 4.90 Å². The van der Waals surface area contributed by atoms with Crippen molar-refractivity contribution in [3.05, 3.63) is 12.2 Å². The topological polar surface area (TPSA) is 66.6 Å². The highest BCUT2D eigenvalue weighted by atomic mass is 16.4. The maximum atomic E-state index is 10.4. The van der Waals surface area contributed by atoms with Crippen molar-refractivity contribution >= 4 is 5.97 Å². The van der Waals surface area contributed by atoms with E-state index in [9.17, 15) is 4.79 Å². The molecule has 0 aromatic carbocycles. The third-order valence-corrected chi connectivity index (χ3v) is 5.73. The molecule has 31 heavy (non-hydrogen) atoms. The minimum atomic E-state index is -0.656. The van der Waals surface area contributed by atoms with Crippen LogP contribution in [0.15, 0.2) is 12.2 Å². The summed E-state index contributed by atoms with van der Waals surface area (Å²) in [5.41, 5.74) is 5.54. The fourth-order valence-corrected chi connectivity index (χ4v) is 3.42. The van der Waals surface area contributed by atoms with Crippen LogP contribution in [0.1, 0.15) is 136 Å². The van der Waals surface area contributed by atoms with E-state index in [4.69, 9.17) is 10.8 Å². The first-order chi connectivity index (χ1) is 15.0. The Kier molecular flexibility index (Phi) is 28.3. The Balaban J connectivity index is 0. The number of carboxylic acid groups (broad SMARTS) is 1. The molecule has 0 rings (SSSR count). The number of hydrogen-bond donors (Lipinski definition) is 2. The van der Waals surface area contributed by atoms with Gasteiger partial charge in [0, 0.05) is 6.42 Å². The lowest BCUT2D eigenvalue weighted by molar-refractivity contribution is -0.137. The van der Waals surface area contributed by atoms with Gasteiger partial charge in [-0.25, -0.2) is 0 Å². The van der Waals surface area contributed by atoms with E-state index in [0.717, 1.165) is 19.3 Å². The van der Waals surface area contributed by atoms with Gasteiger partial charge in [0.1, 0.15) is 0 Å². The molecule has 0 aromatic rings. The quantitative estimate of drug-likeness (QED) is 0.108. The van der Waals surface area contributed by atoms with Crippen LogP contribution in [0, 0.1) is 0 Å². The van der Waals surface area contributed by atoms with Gasteiger partial charge in [0.2, 0.25) is 0 Å². The van der Waals surface area contributed by atoms with Gasteiger partial charge in [-0.15, -0.1) is 0 Å². The second kappa shape index (κ2) is 27.2. The summed E-state index contributed by atoms with van der Waals surface area (Å²) in [6, 6.07) is 0. The Hall–Kier alpha value is -0.870. The lowest BCUT2D eigenvalue weighted by Crippen LogP contribution is -2.35. The molecular formula is C27H56N2O2. The smallest absolute Gasteiger partial charge is 0.303 e. The molecule has 0 bridgehead atoms. The summed E-state index contributed by atoms with van der Waals surface area (Å²) >= 11 is 0. The largest absolute Gasteiger partial charge is 0.481 e. The number of unbranched alkanes of at least 4 members (excludes halogenated alkanes) is 15. The fourth-order valence-electron chi connectivity index (χ4n) is 3.42. The predicted molar refractivity (Wildman–Crippen MR) is 138 cm³/mol. The maximum Gasteiger partial charge on any atom is 0.303 e. The van der Waals surface area contributed by atoms with Crippen molar-refractivity contribution in [2.24, 2.45) is 5.73 Å². The van der Waals surface area contributed by atoms with Crippen LogP contribution in [0.5, 0.6) is 0 Å². The van der Waals surface area contributed by atoms with Crippen LogP contribution < -0.4 is 5.73 Å². The van der Waals surface area contributed by atoms with Gasteiger partial charge >= 0.3 is 5.97 Å². The molecule has 0 saturated carbocycles. The average Bonchev–Trinajstić information content (AvgIpc) is 2.75. The van der Waals surface area contributed by atoms with E-state index in [1.807, 2.05) is 19.0 Å². The molecule has 3 N–H and O–H groups in total. The van der Waals surface area contributed by atoms with Crippen molar-refractivity contribution in [2.45, 2.75) is 142 Å². The summed E-state index contributed by atoms with van der Waals surface area (Å²) in [6.07, 6.45) is 28.4. The zero-order valence-corrected chi connectivity index (χ0v) is 21.5. The van der Waals surface area contributed by atoms with Crippen molar-refractivity contribution in [2.75, 3.05) is 14.1 Å². The van der Waals surface area contributed by atoms with Crippen LogP contribution in [-0.4, -0.2) is 36.2 Å². The molecule has 1 unspecified atom stereocenters. The zero-order chi connectivity index (χ0) is 23.6. The number of allylic oxidation sites excluding steroid dienone is 2. The van der Waals surface area contributed by atoms with Gasteiger partial charge in [-0.05, 0) is 52.6 Å². The van der Waals surface area contributed by atoms with Crippen LogP contribution in [0.2, 0.25) is 0 Å². The molecule has 0 spiro atoms. The molecule has 4 heteroatoms. The summed E-state index contributed by atoms with van der Waals surface area (Å²) in [5.74, 6) is -0.656. The Morgan fingerprint density at radius 1 is 0.742 bits per heavy atom. The minimum Gasteiger partial charge on any atom is -0.481 e. The van der Waals surface area contributed by atoms with Crippen LogP contribution in [0.25, 0.3) is 0 Å². The summed E-state index contributed by atoms with van der Waals surface area (Å²) in [6.45, 7) is 4.35. The van der Waals surface area contributed by atoms with Crippen molar-refractivity contribution in [3.8, 4) is 0 Å². The second-order valence-electron chi connectivity index (χ2n) is 9.08. The number of carbonyl (C=O) groups is 1. The molecule has 0 amide bonds. The molecule has 0 saturated heterocycles. The van der Waals surface area contributed by atoms with Gasteiger partial charge in [0.15, 0.2) is 0 Å². The first-order valence-electron chi connectivity index (χ1n) is 13.2. The molecule has 0 radical (unpaired) electrons. The molecule has 0 aliphatic heterocycles. The number of carboxylic acids is 1. The van der Waals surface area contributed by atoms with Gasteiger partial charge in [-0.3, -0.25) is 9.69 Å². The molecular weight excluding hydrogens is 384 g/mol. The highest BCUT2D eigenvalue weighted by Gasteiger charge is 1.98. The Morgan fingerprint density at radius 2 is 1.13 bits per heavy atom. The number of rotatable bonds is 21. The van der Waals surface area contributed by atoms with Crippen molar-refractivity contribution in [3.63, 3.8) is 0 Å². The Bertz CT molecular complexity index is 383. The van der Waals surface area contributed by atoms with E-state index >= 15 is 0 Å². The van der Waals surface area contributed by atoms with E-state index in [2.05, 4.69) is 26.0 Å². The van der Waals surface area contributed by atoms with Crippen molar-refractivity contribution < 1.29 is 9.90 Å². The molecule has 0 aliphatic rings. The molecule has 1 atom stereocenters. The van der Waals surface area contributed by atoms with Gasteiger partial charge in [0.25, 0.3) is 0 Å². The van der Waals surface area contributed by atoms with Crippen LogP contribution in [0.3, 0.4) is 0 Å². The summed E-state index contributed by atoms with van der Waals surface area (Å²) in [4.78, 5) is 12.4. The monoisotopic (exact) mass is 440 g/mol. The number of nitrogens with zero attached hydrogens (tertiary/aromatic N) is 1. The third-order valence-electron chi connectivity index (χ3n) is 5.73. The number of aliphatic carboxylic acids is 1. The lowest BCUT2D eigenvalue weighted by Gasteiger charge is -2.16. The summed E-state index contributed by atoms with van der Waals surface area (Å²) in [7, 11) is 3.96. The summed E-state index contributed by atoms with van der Waals surface area (Å²) in [5, 5.41) is 8.55. The molecule has 186 valence electrons. The number of hydrogen-bond acceptors (Lipinski definition) is 3. The summed E-state index contributed by atoms with van der Waals surface area (Å²) < 4.78 is 0. The molecule has 0 aliphatic carbocycles. The van der Waals surface area contributed by atoms with Crippen LogP contribution in [0.4, 0.5) is 0 Å². The van der Waals surface area contributed by atoms with Crippen molar-refractivity contribution in [1.29, 1.82) is 0 Å². The van der Waals surface area contributed by atoms with Crippen LogP contribution >= 0.6 is 0 Å². The Labute approximate surface area is 195 Å². The SMILES string of the molecule is CCC(N)N(C)C.CCCCCCCC/C=C\CCCCCCCCCCCC(=O)O. The maximum absolute atomic E-state index is 10.4. The van der Waals surface area contributed by atoms with Gasteiger partial charge in [-0.1, -0.05) is 103 Å². The normalized spacial score (nSPS) is 12.2. The predicted octanol–water partition coefficient (Wildman–Crippen LogP) is 7.91. The average molecular weight is 441 g/mol. The van der Waals surface area contributed by atoms with Gasteiger partial charge in [0.05, 0.1) is 6.17 Å². The highest BCUT2D eigenvalue weighted by Crippen LogP contribution is 2.12. The van der Waals surface area contributed by atoms with Gasteiger partial charge < -0.3 is 10.8 Å². The standard InChI is InChI=1S/C22H42O2.C5H14N2/c1-2-3-4-5-6-7-8-9-10-11-12-13-14-15-16-17-18-19-20-21-22(23)24;1-4-5(6)7(2)3/h9-10H,2-8,11-21H2,1H3,(H,23,24);5H,4,6H2,1-3H3/b10-9-;. The molecule has 0 heterocycles. The van der Waals surface area contributed by atoms with E-state index in [-0.39, 0.29) is 6.17 Å². The number of nitrogens with two attached hydrogens (primary N) is 1. The fraction of sp³-hybridized carbons (Fsp3) is 0.889. The highest BCUT2D eigenvalue weighted by molar-refractivity contribution is 5.66. The van der Waals surface area contributed by atoms with E-state index in [1.54, 1.807) is 0 Å². The minimum absolute atomic E-state index is 0.236. The molecule has 0 fully saturated rings. The second-order valence-corrected chi connectivity index (χ2v) is 9.08.